The van der Waals surface area contributed by atoms with Gasteiger partial charge in [0.2, 0.25) is 0 Å². The molecule has 134 valence electrons. The van der Waals surface area contributed by atoms with Gasteiger partial charge in [-0.3, -0.25) is 0 Å². The van der Waals surface area contributed by atoms with Crippen LogP contribution in [0, 0.1) is 5.82 Å². The fourth-order valence-corrected chi connectivity index (χ4v) is 3.17. The summed E-state index contributed by atoms with van der Waals surface area (Å²) in [5, 5.41) is 5.46. The van der Waals surface area contributed by atoms with Gasteiger partial charge in [-0.2, -0.15) is 5.10 Å². The Balaban J connectivity index is 1.56. The fourth-order valence-electron chi connectivity index (χ4n) is 3.17. The Hall–Kier alpha value is -3.40. The van der Waals surface area contributed by atoms with Crippen LogP contribution in [-0.4, -0.2) is 10.8 Å². The number of hydrogen-bond donors (Lipinski definition) is 1. The Morgan fingerprint density at radius 3 is 2.48 bits per heavy atom. The molecule has 4 rings (SSSR count). The van der Waals surface area contributed by atoms with E-state index in [9.17, 15) is 4.39 Å². The molecule has 0 radical (unpaired) electrons. The molecule has 1 N–H and O–H groups in total. The lowest BCUT2D eigenvalue weighted by atomic mass is 10.2. The van der Waals surface area contributed by atoms with Gasteiger partial charge in [-0.25, -0.2) is 4.39 Å². The molecule has 0 saturated carbocycles. The molecular formula is C23H20FN3. The molecule has 0 unspecified atom stereocenters. The number of fused-ring (bicyclic) bond motifs is 1. The molecule has 0 atom stereocenters. The monoisotopic (exact) mass is 357 g/mol. The van der Waals surface area contributed by atoms with Gasteiger partial charge in [0.25, 0.3) is 0 Å². The third kappa shape index (κ3) is 3.90. The highest BCUT2D eigenvalue weighted by Crippen LogP contribution is 2.22. The van der Waals surface area contributed by atoms with Gasteiger partial charge < -0.3 is 9.99 Å². The molecule has 0 aliphatic heterocycles. The summed E-state index contributed by atoms with van der Waals surface area (Å²) >= 11 is 0. The molecule has 4 aromatic rings. The Kier molecular flexibility index (Phi) is 4.97. The highest BCUT2D eigenvalue weighted by molar-refractivity contribution is 5.99. The summed E-state index contributed by atoms with van der Waals surface area (Å²) in [6, 6.07) is 25.1. The molecule has 3 nitrogen and oxygen atoms in total. The van der Waals surface area contributed by atoms with Gasteiger partial charge in [0.15, 0.2) is 0 Å². The molecule has 0 bridgehead atoms. The van der Waals surface area contributed by atoms with Crippen LogP contribution < -0.4 is 5.43 Å². The Morgan fingerprint density at radius 1 is 0.889 bits per heavy atom. The van der Waals surface area contributed by atoms with E-state index in [0.29, 0.717) is 18.7 Å². The van der Waals surface area contributed by atoms with Crippen LogP contribution in [0.15, 0.2) is 90.2 Å². The first kappa shape index (κ1) is 17.0. The fraction of sp³-hybridized carbons (Fsp3) is 0.0870. The van der Waals surface area contributed by atoms with Crippen molar-refractivity contribution >= 4 is 17.1 Å². The first-order valence-corrected chi connectivity index (χ1v) is 8.92. The SMILES string of the molecule is Fc1ccccc1Cn1cc(C=NNCc2ccccc2)c2ccccc21. The third-order valence-electron chi connectivity index (χ3n) is 4.54. The van der Waals surface area contributed by atoms with Crippen LogP contribution in [0.4, 0.5) is 4.39 Å². The van der Waals surface area contributed by atoms with Crippen molar-refractivity contribution in [2.75, 3.05) is 0 Å². The van der Waals surface area contributed by atoms with Gasteiger partial charge in [-0.1, -0.05) is 66.7 Å². The summed E-state index contributed by atoms with van der Waals surface area (Å²) in [6.45, 7) is 1.16. The molecule has 3 aromatic carbocycles. The maximum Gasteiger partial charge on any atom is 0.128 e. The van der Waals surface area contributed by atoms with Crippen molar-refractivity contribution in [3.63, 3.8) is 0 Å². The van der Waals surface area contributed by atoms with Gasteiger partial charge in [0, 0.05) is 28.2 Å². The lowest BCUT2D eigenvalue weighted by Crippen LogP contribution is -2.05. The Bertz CT molecular complexity index is 1070. The molecule has 0 spiro atoms. The average Bonchev–Trinajstić information content (AvgIpc) is 3.06. The normalized spacial score (nSPS) is 11.3. The zero-order valence-corrected chi connectivity index (χ0v) is 14.8. The minimum absolute atomic E-state index is 0.185. The summed E-state index contributed by atoms with van der Waals surface area (Å²) in [7, 11) is 0. The van der Waals surface area contributed by atoms with E-state index in [1.807, 2.05) is 60.9 Å². The molecule has 0 aliphatic carbocycles. The summed E-state index contributed by atoms with van der Waals surface area (Å²) in [5.41, 5.74) is 6.99. The molecule has 4 heteroatoms. The van der Waals surface area contributed by atoms with E-state index >= 15 is 0 Å². The van der Waals surface area contributed by atoms with Crippen molar-refractivity contribution in [1.29, 1.82) is 0 Å². The Labute approximate surface area is 157 Å². The molecule has 0 fully saturated rings. The summed E-state index contributed by atoms with van der Waals surface area (Å²) < 4.78 is 16.1. The van der Waals surface area contributed by atoms with Gasteiger partial charge in [-0.15, -0.1) is 0 Å². The molecule has 1 aromatic heterocycles. The Morgan fingerprint density at radius 2 is 1.63 bits per heavy atom. The summed E-state index contributed by atoms with van der Waals surface area (Å²) in [5.74, 6) is -0.185. The van der Waals surface area contributed by atoms with Crippen LogP contribution in [0.25, 0.3) is 10.9 Å². The highest BCUT2D eigenvalue weighted by atomic mass is 19.1. The van der Waals surface area contributed by atoms with Gasteiger partial charge in [0.1, 0.15) is 5.82 Å². The van der Waals surface area contributed by atoms with Crippen LogP contribution in [-0.2, 0) is 13.1 Å². The van der Waals surface area contributed by atoms with Crippen molar-refractivity contribution in [3.05, 3.63) is 108 Å². The lowest BCUT2D eigenvalue weighted by molar-refractivity contribution is 0.602. The van der Waals surface area contributed by atoms with Crippen LogP contribution in [0.1, 0.15) is 16.7 Å². The topological polar surface area (TPSA) is 29.3 Å². The van der Waals surface area contributed by atoms with E-state index in [0.717, 1.165) is 16.5 Å². The number of nitrogens with zero attached hydrogens (tertiary/aromatic N) is 2. The molecule has 0 amide bonds. The highest BCUT2D eigenvalue weighted by Gasteiger charge is 2.09. The van der Waals surface area contributed by atoms with E-state index in [2.05, 4.69) is 33.3 Å². The third-order valence-corrected chi connectivity index (χ3v) is 4.54. The molecule has 0 saturated heterocycles. The zero-order chi connectivity index (χ0) is 18.5. The maximum absolute atomic E-state index is 14.0. The number of para-hydroxylation sites is 1. The van der Waals surface area contributed by atoms with Gasteiger partial charge in [0.05, 0.1) is 19.3 Å². The van der Waals surface area contributed by atoms with E-state index in [4.69, 9.17) is 0 Å². The van der Waals surface area contributed by atoms with Gasteiger partial charge >= 0.3 is 0 Å². The van der Waals surface area contributed by atoms with Crippen LogP contribution in [0.5, 0.6) is 0 Å². The van der Waals surface area contributed by atoms with Crippen molar-refractivity contribution in [1.82, 2.24) is 9.99 Å². The van der Waals surface area contributed by atoms with E-state index < -0.39 is 0 Å². The van der Waals surface area contributed by atoms with Crippen molar-refractivity contribution in [2.24, 2.45) is 5.10 Å². The van der Waals surface area contributed by atoms with Gasteiger partial charge in [-0.05, 0) is 17.7 Å². The van der Waals surface area contributed by atoms with Crippen LogP contribution in [0.2, 0.25) is 0 Å². The molecule has 27 heavy (non-hydrogen) atoms. The quantitative estimate of drug-likeness (QED) is 0.384. The van der Waals surface area contributed by atoms with Crippen molar-refractivity contribution in [2.45, 2.75) is 13.1 Å². The number of aromatic nitrogens is 1. The van der Waals surface area contributed by atoms with Crippen molar-refractivity contribution in [3.8, 4) is 0 Å². The number of benzene rings is 3. The number of nitrogens with one attached hydrogen (secondary N) is 1. The predicted octanol–water partition coefficient (Wildman–Crippen LogP) is 4.95. The smallest absolute Gasteiger partial charge is 0.128 e. The van der Waals surface area contributed by atoms with E-state index in [1.165, 1.54) is 11.6 Å². The number of rotatable bonds is 6. The van der Waals surface area contributed by atoms with E-state index in [-0.39, 0.29) is 5.82 Å². The number of hydrogen-bond acceptors (Lipinski definition) is 2. The summed E-state index contributed by atoms with van der Waals surface area (Å²) in [4.78, 5) is 0. The first-order chi connectivity index (χ1) is 13.3. The second kappa shape index (κ2) is 7.87. The molecule has 0 aliphatic rings. The molecule has 1 heterocycles. The largest absolute Gasteiger partial charge is 0.342 e. The first-order valence-electron chi connectivity index (χ1n) is 8.92. The second-order valence-electron chi connectivity index (χ2n) is 6.40. The average molecular weight is 357 g/mol. The summed E-state index contributed by atoms with van der Waals surface area (Å²) in [6.07, 6.45) is 3.84. The lowest BCUT2D eigenvalue weighted by Gasteiger charge is -2.06. The molecular weight excluding hydrogens is 337 g/mol. The van der Waals surface area contributed by atoms with Crippen LogP contribution in [0.3, 0.4) is 0 Å². The van der Waals surface area contributed by atoms with Crippen molar-refractivity contribution < 1.29 is 4.39 Å². The minimum atomic E-state index is -0.185. The van der Waals surface area contributed by atoms with E-state index in [1.54, 1.807) is 6.07 Å². The number of halogens is 1. The minimum Gasteiger partial charge on any atom is -0.342 e. The zero-order valence-electron chi connectivity index (χ0n) is 14.8. The standard InChI is InChI=1S/C23H20FN3/c24-22-12-6-4-10-19(22)16-27-17-20(21-11-5-7-13-23(21)27)15-26-25-14-18-8-2-1-3-9-18/h1-13,15,17,25H,14,16H2. The number of hydrazone groups is 1. The predicted molar refractivity (Wildman–Crippen MR) is 108 cm³/mol. The second-order valence-corrected chi connectivity index (χ2v) is 6.40. The maximum atomic E-state index is 14.0. The van der Waals surface area contributed by atoms with Crippen LogP contribution >= 0.6 is 0 Å².